The van der Waals surface area contributed by atoms with Gasteiger partial charge in [-0.1, -0.05) is 11.1 Å². The first-order chi connectivity index (χ1) is 10.4. The highest BCUT2D eigenvalue weighted by atomic mass is 32.2. The van der Waals surface area contributed by atoms with Crippen molar-refractivity contribution in [2.24, 2.45) is 0 Å². The molecule has 0 bridgehead atoms. The summed E-state index contributed by atoms with van der Waals surface area (Å²) < 4.78 is 40.9. The van der Waals surface area contributed by atoms with Crippen LogP contribution in [0.15, 0.2) is 52.3 Å². The number of aryl methyl sites for hydroxylation is 1. The molecule has 0 aliphatic rings. The first-order valence-electron chi connectivity index (χ1n) is 5.91. The van der Waals surface area contributed by atoms with Gasteiger partial charge in [-0.25, -0.2) is 5.26 Å². The third-order valence-corrected chi connectivity index (χ3v) is 4.10. The zero-order valence-electron chi connectivity index (χ0n) is 11.3. The summed E-state index contributed by atoms with van der Waals surface area (Å²) in [5.74, 6) is 0.787. The summed E-state index contributed by atoms with van der Waals surface area (Å²) >= 11 is 0.755. The zero-order valence-corrected chi connectivity index (χ0v) is 12.9. The van der Waals surface area contributed by atoms with Crippen LogP contribution < -0.4 is 4.74 Å². The van der Waals surface area contributed by atoms with Gasteiger partial charge in [-0.2, -0.15) is 8.42 Å². The van der Waals surface area contributed by atoms with Gasteiger partial charge in [0.05, 0.1) is 21.8 Å². The third-order valence-electron chi connectivity index (χ3n) is 2.60. The summed E-state index contributed by atoms with van der Waals surface area (Å²) in [6, 6.07) is 10.5. The molecule has 0 heterocycles. The topological polar surface area (TPSA) is 102 Å². The maximum atomic E-state index is 11.0. The lowest BCUT2D eigenvalue weighted by atomic mass is 10.2. The summed E-state index contributed by atoms with van der Waals surface area (Å²) in [5.41, 5.74) is 0.943. The predicted octanol–water partition coefficient (Wildman–Crippen LogP) is 3.46. The first kappa shape index (κ1) is 16.7. The number of rotatable bonds is 6. The molecule has 118 valence electrons. The normalized spacial score (nSPS) is 11.4. The van der Waals surface area contributed by atoms with Gasteiger partial charge in [0.1, 0.15) is 11.5 Å². The number of hydrogen-bond donors (Lipinski definition) is 2. The Morgan fingerprint density at radius 1 is 1.09 bits per heavy atom. The van der Waals surface area contributed by atoms with Gasteiger partial charge in [0.15, 0.2) is 0 Å². The highest BCUT2D eigenvalue weighted by Gasteiger charge is 2.11. The van der Waals surface area contributed by atoms with Crippen molar-refractivity contribution >= 4 is 22.2 Å². The van der Waals surface area contributed by atoms with E-state index in [4.69, 9.17) is 14.5 Å². The van der Waals surface area contributed by atoms with E-state index in [1.54, 1.807) is 12.1 Å². The molecule has 0 saturated carbocycles. The van der Waals surface area contributed by atoms with Gasteiger partial charge >= 0.3 is 0 Å². The van der Waals surface area contributed by atoms with Crippen LogP contribution in [0.4, 0.5) is 0 Å². The molecule has 0 amide bonds. The van der Waals surface area contributed by atoms with Crippen LogP contribution in [-0.2, 0) is 19.5 Å². The average Bonchev–Trinajstić information content (AvgIpc) is 2.47. The lowest BCUT2D eigenvalue weighted by molar-refractivity contribution is -0.432. The Morgan fingerprint density at radius 3 is 2.36 bits per heavy atom. The summed E-state index contributed by atoms with van der Waals surface area (Å²) in [7, 11) is -4.24. The minimum Gasteiger partial charge on any atom is -0.456 e. The van der Waals surface area contributed by atoms with Gasteiger partial charge in [0.2, 0.25) is 0 Å². The molecule has 2 aromatic carbocycles. The highest BCUT2D eigenvalue weighted by Crippen LogP contribution is 2.34. The van der Waals surface area contributed by atoms with E-state index in [2.05, 4.69) is 9.37 Å². The van der Waals surface area contributed by atoms with Crippen molar-refractivity contribution in [2.45, 2.75) is 16.7 Å². The molecule has 2 N–H and O–H groups in total. The van der Waals surface area contributed by atoms with Crippen LogP contribution in [0, 0.1) is 6.92 Å². The largest absolute Gasteiger partial charge is 0.456 e. The Balaban J connectivity index is 2.23. The van der Waals surface area contributed by atoms with E-state index in [1.165, 1.54) is 24.3 Å². The van der Waals surface area contributed by atoms with E-state index >= 15 is 0 Å². The molecular weight excluding hydrogens is 332 g/mol. The Bertz CT molecular complexity index is 741. The monoisotopic (exact) mass is 344 g/mol. The molecule has 2 rings (SSSR count). The molecule has 0 aliphatic carbocycles. The second-order valence-corrected chi connectivity index (χ2v) is 6.39. The second-order valence-electron chi connectivity index (χ2n) is 4.22. The molecule has 22 heavy (non-hydrogen) atoms. The maximum absolute atomic E-state index is 11.0. The third kappa shape index (κ3) is 4.44. The standard InChI is InChI=1S/C13H12O7S2/c1-9-2-7-12(13(8-9)21-20-19-14)18-10-3-5-11(6-4-10)22(15,16)17/h2-8,14H,1H3,(H,15,16,17). The van der Waals surface area contributed by atoms with Gasteiger partial charge in [-0.15, -0.1) is 4.33 Å². The van der Waals surface area contributed by atoms with Crippen molar-refractivity contribution in [3.05, 3.63) is 48.0 Å². The lowest BCUT2D eigenvalue weighted by Gasteiger charge is -2.10. The van der Waals surface area contributed by atoms with Crippen LogP contribution in [0.5, 0.6) is 11.5 Å². The molecule has 0 aromatic heterocycles. The molecule has 0 saturated heterocycles. The molecule has 0 unspecified atom stereocenters. The molecule has 2 aromatic rings. The fourth-order valence-corrected chi connectivity index (χ4v) is 2.63. The lowest BCUT2D eigenvalue weighted by Crippen LogP contribution is -1.97. The van der Waals surface area contributed by atoms with E-state index in [0.29, 0.717) is 16.4 Å². The minimum absolute atomic E-state index is 0.227. The first-order valence-corrected chi connectivity index (χ1v) is 8.09. The summed E-state index contributed by atoms with van der Waals surface area (Å²) in [6.45, 7) is 1.87. The number of hydrogen-bond acceptors (Lipinski definition) is 7. The van der Waals surface area contributed by atoms with Crippen molar-refractivity contribution in [1.29, 1.82) is 0 Å². The molecule has 0 radical (unpaired) electrons. The van der Waals surface area contributed by atoms with Crippen molar-refractivity contribution in [3.8, 4) is 11.5 Å². The minimum atomic E-state index is -4.24. The van der Waals surface area contributed by atoms with Crippen molar-refractivity contribution in [1.82, 2.24) is 0 Å². The zero-order chi connectivity index (χ0) is 16.2. The Labute approximate surface area is 131 Å². The summed E-state index contributed by atoms with van der Waals surface area (Å²) in [4.78, 5) is 0.322. The molecule has 0 aliphatic heterocycles. The molecule has 0 atom stereocenters. The number of ether oxygens (including phenoxy) is 1. The van der Waals surface area contributed by atoms with E-state index < -0.39 is 10.1 Å². The van der Waals surface area contributed by atoms with Crippen molar-refractivity contribution < 1.29 is 32.3 Å². The van der Waals surface area contributed by atoms with Crippen LogP contribution in [-0.4, -0.2) is 18.2 Å². The molecule has 0 spiro atoms. The van der Waals surface area contributed by atoms with Gasteiger partial charge < -0.3 is 4.74 Å². The Kier molecular flexibility index (Phi) is 5.40. The van der Waals surface area contributed by atoms with Crippen LogP contribution in [0.3, 0.4) is 0 Å². The Morgan fingerprint density at radius 2 is 1.77 bits per heavy atom. The van der Waals surface area contributed by atoms with E-state index in [1.807, 2.05) is 13.0 Å². The summed E-state index contributed by atoms with van der Waals surface area (Å²) in [6.07, 6.45) is 0. The molecule has 0 fully saturated rings. The fraction of sp³-hybridized carbons (Fsp3) is 0.0769. The van der Waals surface area contributed by atoms with E-state index in [-0.39, 0.29) is 4.90 Å². The van der Waals surface area contributed by atoms with Gasteiger partial charge in [0, 0.05) is 0 Å². The second kappa shape index (κ2) is 7.09. The van der Waals surface area contributed by atoms with Gasteiger partial charge in [-0.05, 0) is 48.9 Å². The quantitative estimate of drug-likeness (QED) is 0.355. The SMILES string of the molecule is Cc1ccc(Oc2ccc(S(=O)(=O)O)cc2)c(SOOO)c1. The maximum Gasteiger partial charge on any atom is 0.294 e. The van der Waals surface area contributed by atoms with Crippen LogP contribution >= 0.6 is 12.0 Å². The van der Waals surface area contributed by atoms with Gasteiger partial charge in [-0.3, -0.25) is 4.55 Å². The van der Waals surface area contributed by atoms with E-state index in [9.17, 15) is 8.42 Å². The van der Waals surface area contributed by atoms with E-state index in [0.717, 1.165) is 17.6 Å². The highest BCUT2D eigenvalue weighted by molar-refractivity contribution is 7.94. The Hall–Kier alpha value is -1.62. The fourth-order valence-electron chi connectivity index (χ4n) is 1.62. The smallest absolute Gasteiger partial charge is 0.294 e. The van der Waals surface area contributed by atoms with Gasteiger partial charge in [0.25, 0.3) is 10.1 Å². The summed E-state index contributed by atoms with van der Waals surface area (Å²) in [5, 5.41) is 11.8. The van der Waals surface area contributed by atoms with Crippen molar-refractivity contribution in [2.75, 3.05) is 0 Å². The van der Waals surface area contributed by atoms with Crippen LogP contribution in [0.25, 0.3) is 0 Å². The number of benzene rings is 2. The van der Waals surface area contributed by atoms with Crippen LogP contribution in [0.1, 0.15) is 5.56 Å². The molecule has 7 nitrogen and oxygen atoms in total. The predicted molar refractivity (Wildman–Crippen MR) is 78.2 cm³/mol. The average molecular weight is 344 g/mol. The molecular formula is C13H12O7S2. The molecule has 9 heteroatoms. The van der Waals surface area contributed by atoms with Crippen LogP contribution in [0.2, 0.25) is 0 Å². The van der Waals surface area contributed by atoms with Crippen molar-refractivity contribution in [3.63, 3.8) is 0 Å².